The summed E-state index contributed by atoms with van der Waals surface area (Å²) >= 11 is 0. The first kappa shape index (κ1) is 14.0. The summed E-state index contributed by atoms with van der Waals surface area (Å²) < 4.78 is 13.1. The van der Waals surface area contributed by atoms with E-state index in [1.54, 1.807) is 12.1 Å². The van der Waals surface area contributed by atoms with Gasteiger partial charge in [-0.3, -0.25) is 0 Å². The Bertz CT molecular complexity index is 326. The van der Waals surface area contributed by atoms with Crippen molar-refractivity contribution in [2.75, 3.05) is 18.0 Å². The van der Waals surface area contributed by atoms with Crippen LogP contribution in [-0.2, 0) is 0 Å². The molecule has 0 bridgehead atoms. The van der Waals surface area contributed by atoms with E-state index in [0.717, 1.165) is 38.0 Å². The highest BCUT2D eigenvalue weighted by atomic mass is 19.1. The fraction of sp³-hybridized carbons (Fsp3) is 0.571. The molecule has 0 aromatic heterocycles. The number of halogens is 1. The highest BCUT2D eigenvalue weighted by molar-refractivity contribution is 5.46. The fourth-order valence-corrected chi connectivity index (χ4v) is 1.91. The summed E-state index contributed by atoms with van der Waals surface area (Å²) in [5.41, 5.74) is 6.68. The van der Waals surface area contributed by atoms with Gasteiger partial charge in [-0.2, -0.15) is 0 Å². The van der Waals surface area contributed by atoms with Crippen LogP contribution < -0.4 is 10.6 Å². The third-order valence-electron chi connectivity index (χ3n) is 2.89. The summed E-state index contributed by atoms with van der Waals surface area (Å²) in [5, 5.41) is 0. The molecule has 1 aromatic rings. The van der Waals surface area contributed by atoms with Crippen molar-refractivity contribution in [3.8, 4) is 0 Å². The van der Waals surface area contributed by atoms with E-state index in [0.29, 0.717) is 0 Å². The summed E-state index contributed by atoms with van der Waals surface area (Å²) in [6, 6.07) is 7.06. The normalized spacial score (nSPS) is 12.5. The van der Waals surface area contributed by atoms with Crippen LogP contribution in [0.2, 0.25) is 0 Å². The van der Waals surface area contributed by atoms with Crippen molar-refractivity contribution >= 4 is 5.69 Å². The molecule has 1 unspecified atom stereocenters. The molecule has 0 saturated heterocycles. The van der Waals surface area contributed by atoms with E-state index in [2.05, 4.69) is 11.8 Å². The smallest absolute Gasteiger partial charge is 0.125 e. The first-order chi connectivity index (χ1) is 8.13. The van der Waals surface area contributed by atoms with Gasteiger partial charge in [0.05, 0.1) is 0 Å². The van der Waals surface area contributed by atoms with Gasteiger partial charge in [0.25, 0.3) is 0 Å². The van der Waals surface area contributed by atoms with Crippen molar-refractivity contribution in [2.45, 2.75) is 39.2 Å². The van der Waals surface area contributed by atoms with Gasteiger partial charge < -0.3 is 10.6 Å². The number of rotatable bonds is 7. The summed E-state index contributed by atoms with van der Waals surface area (Å²) in [5.74, 6) is -0.170. The molecule has 2 nitrogen and oxygen atoms in total. The second kappa shape index (κ2) is 7.28. The lowest BCUT2D eigenvalue weighted by molar-refractivity contribution is 0.590. The molecule has 0 aliphatic heterocycles. The van der Waals surface area contributed by atoms with Crippen molar-refractivity contribution < 1.29 is 4.39 Å². The Labute approximate surface area is 104 Å². The number of nitrogens with two attached hydrogens (primary N) is 1. The van der Waals surface area contributed by atoms with E-state index in [4.69, 9.17) is 5.73 Å². The van der Waals surface area contributed by atoms with Crippen LogP contribution in [0.5, 0.6) is 0 Å². The quantitative estimate of drug-likeness (QED) is 0.739. The van der Waals surface area contributed by atoms with Gasteiger partial charge in [0.2, 0.25) is 0 Å². The maximum atomic E-state index is 13.1. The van der Waals surface area contributed by atoms with Crippen LogP contribution in [0.1, 0.15) is 33.1 Å². The van der Waals surface area contributed by atoms with Crippen LogP contribution in [-0.4, -0.2) is 19.1 Å². The van der Waals surface area contributed by atoms with Crippen LogP contribution in [0.3, 0.4) is 0 Å². The lowest BCUT2D eigenvalue weighted by Gasteiger charge is -2.23. The molecule has 0 aliphatic rings. The fourth-order valence-electron chi connectivity index (χ4n) is 1.91. The number of anilines is 1. The van der Waals surface area contributed by atoms with Crippen molar-refractivity contribution in [3.05, 3.63) is 30.1 Å². The van der Waals surface area contributed by atoms with E-state index in [9.17, 15) is 4.39 Å². The lowest BCUT2D eigenvalue weighted by Crippen LogP contribution is -2.24. The predicted octanol–water partition coefficient (Wildman–Crippen LogP) is 3.17. The minimum atomic E-state index is -0.170. The Morgan fingerprint density at radius 3 is 2.71 bits per heavy atom. The average molecular weight is 238 g/mol. The van der Waals surface area contributed by atoms with E-state index in [1.807, 2.05) is 13.0 Å². The average Bonchev–Trinajstić information content (AvgIpc) is 2.29. The number of nitrogens with zero attached hydrogens (tertiary/aromatic N) is 1. The molecule has 1 aromatic carbocycles. The minimum absolute atomic E-state index is 0.170. The van der Waals surface area contributed by atoms with E-state index >= 15 is 0 Å². The third-order valence-corrected chi connectivity index (χ3v) is 2.89. The van der Waals surface area contributed by atoms with Gasteiger partial charge >= 0.3 is 0 Å². The van der Waals surface area contributed by atoms with Gasteiger partial charge in [0, 0.05) is 24.8 Å². The first-order valence-corrected chi connectivity index (χ1v) is 6.39. The highest BCUT2D eigenvalue weighted by Gasteiger charge is 2.05. The Kier molecular flexibility index (Phi) is 5.98. The summed E-state index contributed by atoms with van der Waals surface area (Å²) in [7, 11) is 0. The lowest BCUT2D eigenvalue weighted by atomic mass is 10.1. The maximum Gasteiger partial charge on any atom is 0.125 e. The Balaban J connectivity index is 2.43. The molecular weight excluding hydrogens is 215 g/mol. The monoisotopic (exact) mass is 238 g/mol. The Morgan fingerprint density at radius 1 is 1.35 bits per heavy atom. The van der Waals surface area contributed by atoms with Gasteiger partial charge in [-0.15, -0.1) is 0 Å². The Hall–Kier alpha value is -1.09. The van der Waals surface area contributed by atoms with Crippen molar-refractivity contribution in [3.63, 3.8) is 0 Å². The van der Waals surface area contributed by atoms with Crippen LogP contribution in [0.25, 0.3) is 0 Å². The van der Waals surface area contributed by atoms with Gasteiger partial charge in [-0.05, 0) is 44.9 Å². The second-order valence-electron chi connectivity index (χ2n) is 4.53. The minimum Gasteiger partial charge on any atom is -0.372 e. The standard InChI is InChI=1S/C14H23FN2/c1-3-17(10-5-4-7-12(2)16)14-9-6-8-13(15)11-14/h6,8-9,11-12H,3-5,7,10,16H2,1-2H3. The maximum absolute atomic E-state index is 13.1. The first-order valence-electron chi connectivity index (χ1n) is 6.39. The van der Waals surface area contributed by atoms with Crippen molar-refractivity contribution in [2.24, 2.45) is 5.73 Å². The van der Waals surface area contributed by atoms with E-state index < -0.39 is 0 Å². The molecule has 17 heavy (non-hydrogen) atoms. The molecule has 0 spiro atoms. The molecule has 0 heterocycles. The summed E-state index contributed by atoms with van der Waals surface area (Å²) in [6.07, 6.45) is 3.29. The molecular formula is C14H23FN2. The number of hydrogen-bond acceptors (Lipinski definition) is 2. The number of unbranched alkanes of at least 4 members (excludes halogenated alkanes) is 1. The summed E-state index contributed by atoms with van der Waals surface area (Å²) in [6.45, 7) is 5.99. The van der Waals surface area contributed by atoms with Gasteiger partial charge in [0.1, 0.15) is 5.82 Å². The molecule has 0 aliphatic carbocycles. The molecule has 96 valence electrons. The van der Waals surface area contributed by atoms with Gasteiger partial charge in [-0.25, -0.2) is 4.39 Å². The van der Waals surface area contributed by atoms with Crippen LogP contribution in [0.15, 0.2) is 24.3 Å². The molecule has 0 radical (unpaired) electrons. The molecule has 1 atom stereocenters. The highest BCUT2D eigenvalue weighted by Crippen LogP contribution is 2.16. The van der Waals surface area contributed by atoms with Gasteiger partial charge in [0.15, 0.2) is 0 Å². The van der Waals surface area contributed by atoms with E-state index in [1.165, 1.54) is 6.07 Å². The van der Waals surface area contributed by atoms with Crippen LogP contribution in [0.4, 0.5) is 10.1 Å². The van der Waals surface area contributed by atoms with Crippen molar-refractivity contribution in [1.82, 2.24) is 0 Å². The molecule has 0 fully saturated rings. The van der Waals surface area contributed by atoms with Gasteiger partial charge in [-0.1, -0.05) is 12.5 Å². The molecule has 0 amide bonds. The molecule has 0 saturated carbocycles. The zero-order valence-electron chi connectivity index (χ0n) is 10.8. The number of benzene rings is 1. The largest absolute Gasteiger partial charge is 0.372 e. The predicted molar refractivity (Wildman–Crippen MR) is 71.8 cm³/mol. The topological polar surface area (TPSA) is 29.3 Å². The number of hydrogen-bond donors (Lipinski definition) is 1. The second-order valence-corrected chi connectivity index (χ2v) is 4.53. The van der Waals surface area contributed by atoms with Crippen molar-refractivity contribution in [1.29, 1.82) is 0 Å². The molecule has 1 rings (SSSR count). The van der Waals surface area contributed by atoms with E-state index in [-0.39, 0.29) is 11.9 Å². The molecule has 3 heteroatoms. The van der Waals surface area contributed by atoms with Crippen LogP contribution in [0, 0.1) is 5.82 Å². The van der Waals surface area contributed by atoms with Crippen LogP contribution >= 0.6 is 0 Å². The SMILES string of the molecule is CCN(CCCCC(C)N)c1cccc(F)c1. The molecule has 2 N–H and O–H groups in total. The Morgan fingerprint density at radius 2 is 2.12 bits per heavy atom. The summed E-state index contributed by atoms with van der Waals surface area (Å²) in [4.78, 5) is 2.20. The third kappa shape index (κ3) is 5.18. The zero-order chi connectivity index (χ0) is 12.7. The zero-order valence-corrected chi connectivity index (χ0v) is 10.8.